The maximum atomic E-state index is 14.0. The van der Waals surface area contributed by atoms with Gasteiger partial charge in [0.2, 0.25) is 0 Å². The molecule has 0 amide bonds. The topological polar surface area (TPSA) is 15.3 Å². The number of piperazine rings is 1. The zero-order chi connectivity index (χ0) is 15.6. The fourth-order valence-electron chi connectivity index (χ4n) is 2.45. The summed E-state index contributed by atoms with van der Waals surface area (Å²) in [5.74, 6) is -1.62. The van der Waals surface area contributed by atoms with Gasteiger partial charge >= 0.3 is 6.18 Å². The Morgan fingerprint density at radius 1 is 1.04 bits per heavy atom. The number of rotatable bonds is 3. The van der Waals surface area contributed by atoms with Crippen LogP contribution in [0.1, 0.15) is 17.2 Å². The highest BCUT2D eigenvalue weighted by Crippen LogP contribution is 2.37. The number of alkyl halides is 5. The lowest BCUT2D eigenvalue weighted by Crippen LogP contribution is -2.47. The average molecular weight is 385 g/mol. The van der Waals surface area contributed by atoms with E-state index in [1.165, 1.54) is 4.90 Å². The van der Waals surface area contributed by atoms with Gasteiger partial charge in [0.15, 0.2) is 0 Å². The van der Waals surface area contributed by atoms with Gasteiger partial charge in [-0.3, -0.25) is 4.90 Å². The van der Waals surface area contributed by atoms with Gasteiger partial charge in [-0.25, -0.2) is 13.2 Å². The molecule has 0 bridgehead atoms. The van der Waals surface area contributed by atoms with Crippen LogP contribution in [-0.2, 0) is 6.18 Å². The van der Waals surface area contributed by atoms with Crippen LogP contribution >= 0.6 is 24.8 Å². The molecule has 2 rings (SSSR count). The van der Waals surface area contributed by atoms with E-state index in [-0.39, 0.29) is 37.9 Å². The third kappa shape index (κ3) is 5.14. The van der Waals surface area contributed by atoms with Gasteiger partial charge in [-0.1, -0.05) is 12.1 Å². The smallest absolute Gasteiger partial charge is 0.314 e. The lowest BCUT2D eigenvalue weighted by molar-refractivity contribution is -0.140. The number of halogens is 8. The van der Waals surface area contributed by atoms with Crippen molar-refractivity contribution >= 4 is 24.8 Å². The second-order valence-electron chi connectivity index (χ2n) is 4.77. The highest BCUT2D eigenvalue weighted by atomic mass is 35.5. The largest absolute Gasteiger partial charge is 0.419 e. The molecule has 0 unspecified atom stereocenters. The Hall–Kier alpha value is -0.700. The van der Waals surface area contributed by atoms with Crippen LogP contribution in [-0.4, -0.2) is 37.5 Å². The van der Waals surface area contributed by atoms with Crippen LogP contribution in [0.3, 0.4) is 0 Å². The quantitative estimate of drug-likeness (QED) is 0.795. The second-order valence-corrected chi connectivity index (χ2v) is 4.77. The lowest BCUT2D eigenvalue weighted by atomic mass is 10.0. The minimum atomic E-state index is -4.91. The molecule has 1 heterocycles. The average Bonchev–Trinajstić information content (AvgIpc) is 2.40. The molecule has 1 aromatic carbocycles. The number of nitrogens with one attached hydrogen (secondary N) is 1. The lowest BCUT2D eigenvalue weighted by Gasteiger charge is -2.35. The van der Waals surface area contributed by atoms with Gasteiger partial charge in [-0.2, -0.15) is 13.2 Å². The van der Waals surface area contributed by atoms with Gasteiger partial charge in [-0.05, 0) is 6.07 Å². The van der Waals surface area contributed by atoms with Crippen molar-refractivity contribution in [1.82, 2.24) is 10.2 Å². The summed E-state index contributed by atoms with van der Waals surface area (Å²) in [5, 5.41) is 2.95. The first-order valence-electron chi connectivity index (χ1n) is 6.41. The van der Waals surface area contributed by atoms with Gasteiger partial charge in [0.1, 0.15) is 5.82 Å². The van der Waals surface area contributed by atoms with Crippen LogP contribution < -0.4 is 5.32 Å². The molecule has 1 aromatic rings. The van der Waals surface area contributed by atoms with Gasteiger partial charge in [0, 0.05) is 31.7 Å². The Kier molecular flexibility index (Phi) is 8.69. The maximum Gasteiger partial charge on any atom is 0.419 e. The highest BCUT2D eigenvalue weighted by molar-refractivity contribution is 5.85. The zero-order valence-electron chi connectivity index (χ0n) is 11.7. The van der Waals surface area contributed by atoms with Crippen LogP contribution in [0.4, 0.5) is 26.3 Å². The molecule has 1 saturated heterocycles. The summed E-state index contributed by atoms with van der Waals surface area (Å²) in [6.07, 6.45) is -7.88. The van der Waals surface area contributed by atoms with Gasteiger partial charge in [0.25, 0.3) is 6.43 Å². The van der Waals surface area contributed by atoms with Crippen LogP contribution in [0, 0.1) is 5.82 Å². The molecule has 1 aliphatic heterocycles. The molecule has 10 heteroatoms. The van der Waals surface area contributed by atoms with Crippen molar-refractivity contribution in [2.75, 3.05) is 26.2 Å². The predicted octanol–water partition coefficient (Wildman–Crippen LogP) is 3.90. The van der Waals surface area contributed by atoms with E-state index in [9.17, 15) is 26.3 Å². The molecule has 0 aromatic heterocycles. The van der Waals surface area contributed by atoms with Crippen molar-refractivity contribution in [3.8, 4) is 0 Å². The number of benzene rings is 1. The Morgan fingerprint density at radius 3 is 2.09 bits per heavy atom. The van der Waals surface area contributed by atoms with E-state index in [1.807, 2.05) is 0 Å². The highest BCUT2D eigenvalue weighted by Gasteiger charge is 2.38. The van der Waals surface area contributed by atoms with Crippen molar-refractivity contribution in [2.45, 2.75) is 18.6 Å². The normalized spacial score (nSPS) is 17.3. The summed E-state index contributed by atoms with van der Waals surface area (Å²) in [6, 6.07) is 0.830. The van der Waals surface area contributed by atoms with E-state index in [0.717, 1.165) is 12.1 Å². The molecule has 1 atom stereocenters. The minimum Gasteiger partial charge on any atom is -0.314 e. The van der Waals surface area contributed by atoms with E-state index in [2.05, 4.69) is 5.32 Å². The molecule has 2 nitrogen and oxygen atoms in total. The minimum absolute atomic E-state index is 0. The standard InChI is InChI=1S/C13H14F6N2.2ClH/c14-10-8(2-1-3-9(10)13(17,18)19)11(12(15)16)21-6-4-20-5-7-21;;/h1-3,11-12,20H,4-7H2;2*1H/t11-;;/m0../s1. The number of hydrogen-bond donors (Lipinski definition) is 1. The molecule has 0 aliphatic carbocycles. The first kappa shape index (κ1) is 22.3. The van der Waals surface area contributed by atoms with E-state index in [1.54, 1.807) is 0 Å². The van der Waals surface area contributed by atoms with Crippen molar-refractivity contribution < 1.29 is 26.3 Å². The fourth-order valence-corrected chi connectivity index (χ4v) is 2.45. The molecular weight excluding hydrogens is 369 g/mol. The molecule has 1 fully saturated rings. The zero-order valence-corrected chi connectivity index (χ0v) is 13.4. The third-order valence-electron chi connectivity index (χ3n) is 3.44. The van der Waals surface area contributed by atoms with Crippen molar-refractivity contribution in [1.29, 1.82) is 0 Å². The molecule has 134 valence electrons. The van der Waals surface area contributed by atoms with Crippen molar-refractivity contribution in [2.24, 2.45) is 0 Å². The Balaban J connectivity index is 0.00000242. The summed E-state index contributed by atoms with van der Waals surface area (Å²) >= 11 is 0. The molecular formula is C13H16Cl2F6N2. The first-order chi connectivity index (χ1) is 9.82. The van der Waals surface area contributed by atoms with Crippen LogP contribution in [0.25, 0.3) is 0 Å². The molecule has 0 radical (unpaired) electrons. The molecule has 1 N–H and O–H groups in total. The third-order valence-corrected chi connectivity index (χ3v) is 3.44. The molecule has 0 saturated carbocycles. The first-order valence-corrected chi connectivity index (χ1v) is 6.41. The molecule has 1 aliphatic rings. The fraction of sp³-hybridized carbons (Fsp3) is 0.538. The van der Waals surface area contributed by atoms with Crippen LogP contribution in [0.2, 0.25) is 0 Å². The maximum absolute atomic E-state index is 14.0. The number of nitrogens with zero attached hydrogens (tertiary/aromatic N) is 1. The monoisotopic (exact) mass is 384 g/mol. The Morgan fingerprint density at radius 2 is 1.61 bits per heavy atom. The summed E-state index contributed by atoms with van der Waals surface area (Å²) in [5.41, 5.74) is -2.12. The van der Waals surface area contributed by atoms with Crippen molar-refractivity contribution in [3.63, 3.8) is 0 Å². The van der Waals surface area contributed by atoms with E-state index >= 15 is 0 Å². The van der Waals surface area contributed by atoms with E-state index < -0.39 is 35.6 Å². The van der Waals surface area contributed by atoms with Gasteiger partial charge < -0.3 is 5.32 Å². The van der Waals surface area contributed by atoms with E-state index in [0.29, 0.717) is 19.2 Å². The van der Waals surface area contributed by atoms with Gasteiger partial charge in [0.05, 0.1) is 11.6 Å². The van der Waals surface area contributed by atoms with Crippen molar-refractivity contribution in [3.05, 3.63) is 35.1 Å². The SMILES string of the molecule is Cl.Cl.Fc1c([C@@H](C(F)F)N2CCNCC2)cccc1C(F)(F)F. The summed E-state index contributed by atoms with van der Waals surface area (Å²) in [7, 11) is 0. The van der Waals surface area contributed by atoms with Crippen LogP contribution in [0.15, 0.2) is 18.2 Å². The van der Waals surface area contributed by atoms with Gasteiger partial charge in [-0.15, -0.1) is 24.8 Å². The summed E-state index contributed by atoms with van der Waals surface area (Å²) in [6.45, 7) is 1.32. The predicted molar refractivity (Wildman–Crippen MR) is 79.1 cm³/mol. The molecule has 0 spiro atoms. The molecule has 23 heavy (non-hydrogen) atoms. The Labute approximate surface area is 142 Å². The summed E-state index contributed by atoms with van der Waals surface area (Å²) in [4.78, 5) is 1.31. The Bertz CT molecular complexity index is 492. The van der Waals surface area contributed by atoms with Crippen LogP contribution in [0.5, 0.6) is 0 Å². The van der Waals surface area contributed by atoms with E-state index in [4.69, 9.17) is 0 Å². The second kappa shape index (κ2) is 8.96. The number of hydrogen-bond acceptors (Lipinski definition) is 2. The summed E-state index contributed by atoms with van der Waals surface area (Å²) < 4.78 is 78.6.